The molecule has 3 aliphatic rings. The summed E-state index contributed by atoms with van der Waals surface area (Å²) in [6.07, 6.45) is 0. The van der Waals surface area contributed by atoms with Crippen molar-refractivity contribution in [3.8, 4) is 39.1 Å². The molecule has 3 heterocycles. The minimum atomic E-state index is -0.107. The molecule has 322 valence electrons. The minimum Gasteiger partial charge on any atom is -0.456 e. The fourth-order valence-corrected chi connectivity index (χ4v) is 12.3. The van der Waals surface area contributed by atoms with Crippen LogP contribution in [-0.2, 0) is 21.7 Å². The Morgan fingerprint density at radius 2 is 1.17 bits per heavy atom. The Kier molecular flexibility index (Phi) is 7.78. The maximum absolute atomic E-state index is 6.89. The van der Waals surface area contributed by atoms with Crippen molar-refractivity contribution in [2.24, 2.45) is 0 Å². The van der Waals surface area contributed by atoms with Crippen LogP contribution in [0.2, 0.25) is 0 Å². The zero-order valence-electron chi connectivity index (χ0n) is 39.8. The summed E-state index contributed by atoms with van der Waals surface area (Å²) < 4.78 is 9.52. The van der Waals surface area contributed by atoms with E-state index in [0.29, 0.717) is 0 Å². The number of furan rings is 1. The van der Waals surface area contributed by atoms with Crippen LogP contribution in [0.4, 0.5) is 11.4 Å². The van der Waals surface area contributed by atoms with Gasteiger partial charge in [-0.2, -0.15) is 0 Å². The average Bonchev–Trinajstić information content (AvgIpc) is 3.96. The van der Waals surface area contributed by atoms with E-state index in [2.05, 4.69) is 219 Å². The molecule has 0 unspecified atom stereocenters. The molecule has 0 spiro atoms. The Balaban J connectivity index is 1.11. The summed E-state index contributed by atoms with van der Waals surface area (Å²) in [6.45, 7) is 23.2. The summed E-state index contributed by atoms with van der Waals surface area (Å²) in [6, 6.07) is 53.4. The van der Waals surface area contributed by atoms with E-state index >= 15 is 0 Å². The van der Waals surface area contributed by atoms with Gasteiger partial charge in [0.2, 0.25) is 0 Å². The SMILES string of the molecule is CC(C)(C)c1ccc(Nc2cc3c(cc2-c2ccc4c5c6c(ccc5n5c4c2Bc2cc4c(cc2-5)-c2ccccc2C4(C)C)C(C)(C)c2ccccc2-6)oc2cc(C(C)(C)C)ccc23)cc1. The molecule has 1 N–H and O–H groups in total. The molecule has 0 radical (unpaired) electrons. The number of hydrogen-bond donors (Lipinski definition) is 1. The van der Waals surface area contributed by atoms with E-state index < -0.39 is 0 Å². The third-order valence-electron chi connectivity index (χ3n) is 15.9. The van der Waals surface area contributed by atoms with Gasteiger partial charge in [0.1, 0.15) is 11.2 Å². The van der Waals surface area contributed by atoms with Gasteiger partial charge in [-0.1, -0.05) is 172 Å². The molecule has 13 rings (SSSR count). The highest BCUT2D eigenvalue weighted by molar-refractivity contribution is 6.73. The Hall–Kier alpha value is -6.78. The molecule has 2 aromatic heterocycles. The van der Waals surface area contributed by atoms with Gasteiger partial charge < -0.3 is 14.3 Å². The highest BCUT2D eigenvalue weighted by atomic mass is 16.3. The number of rotatable bonds is 3. The number of benzene rings is 8. The molecule has 0 atom stereocenters. The first kappa shape index (κ1) is 39.6. The summed E-state index contributed by atoms with van der Waals surface area (Å²) in [5, 5.41) is 8.88. The fraction of sp³-hybridized carbons (Fsp3) is 0.226. The van der Waals surface area contributed by atoms with Gasteiger partial charge in [-0.15, -0.1) is 0 Å². The minimum absolute atomic E-state index is 0.00710. The molecule has 0 bridgehead atoms. The number of nitrogens with one attached hydrogen (secondary N) is 1. The fourth-order valence-electron chi connectivity index (χ4n) is 12.3. The molecule has 10 aromatic rings. The van der Waals surface area contributed by atoms with Gasteiger partial charge in [0.05, 0.1) is 5.52 Å². The van der Waals surface area contributed by atoms with E-state index in [0.717, 1.165) is 46.2 Å². The molecule has 0 fully saturated rings. The van der Waals surface area contributed by atoms with Crippen molar-refractivity contribution in [2.75, 3.05) is 5.32 Å². The summed E-state index contributed by atoms with van der Waals surface area (Å²) in [4.78, 5) is 0. The molecular weight excluding hydrogens is 800 g/mol. The molecule has 0 amide bonds. The van der Waals surface area contributed by atoms with E-state index in [4.69, 9.17) is 4.42 Å². The molecule has 3 nitrogen and oxygen atoms in total. The third-order valence-corrected chi connectivity index (χ3v) is 15.9. The van der Waals surface area contributed by atoms with Gasteiger partial charge in [-0.05, 0) is 120 Å². The Bertz CT molecular complexity index is 3770. The van der Waals surface area contributed by atoms with Gasteiger partial charge >= 0.3 is 0 Å². The van der Waals surface area contributed by atoms with Crippen molar-refractivity contribution in [2.45, 2.75) is 90.9 Å². The smallest absolute Gasteiger partial charge is 0.198 e. The quantitative estimate of drug-likeness (QED) is 0.179. The lowest BCUT2D eigenvalue weighted by Crippen LogP contribution is -2.38. The van der Waals surface area contributed by atoms with Crippen molar-refractivity contribution in [3.63, 3.8) is 0 Å². The Labute approximate surface area is 388 Å². The topological polar surface area (TPSA) is 30.1 Å². The van der Waals surface area contributed by atoms with E-state index in [1.54, 1.807) is 0 Å². The second-order valence-electron chi connectivity index (χ2n) is 22.7. The Morgan fingerprint density at radius 3 is 1.91 bits per heavy atom. The van der Waals surface area contributed by atoms with Crippen LogP contribution >= 0.6 is 0 Å². The molecule has 0 saturated carbocycles. The standard InChI is InChI=1S/C62H55BN2O/c1-59(2,3)34-19-22-36(23-20-34)64-50-30-44-38-24-21-35(60(4,5)6)29-53(38)66-54(44)32-43(50)39-25-26-41-56-51(28-27-47-55(56)40-16-12-14-18-46(40)61(47,7)8)65-52-31-42-37-15-11-13-17-45(37)62(9,10)48(42)33-49(52)63-57(39)58(41)65/h11-33,63-64H,1-10H3. The molecule has 4 heteroatoms. The Morgan fingerprint density at radius 1 is 0.515 bits per heavy atom. The first-order valence-electron chi connectivity index (χ1n) is 23.9. The van der Waals surface area contributed by atoms with Gasteiger partial charge in [0.15, 0.2) is 7.28 Å². The van der Waals surface area contributed by atoms with Crippen molar-refractivity contribution >= 4 is 73.3 Å². The first-order chi connectivity index (χ1) is 31.5. The van der Waals surface area contributed by atoms with Gasteiger partial charge in [0.25, 0.3) is 0 Å². The monoisotopic (exact) mass is 854 g/mol. The van der Waals surface area contributed by atoms with Crippen molar-refractivity contribution in [1.29, 1.82) is 0 Å². The highest BCUT2D eigenvalue weighted by Gasteiger charge is 2.40. The van der Waals surface area contributed by atoms with E-state index in [9.17, 15) is 0 Å². The second kappa shape index (κ2) is 13.0. The third kappa shape index (κ3) is 5.33. The summed E-state index contributed by atoms with van der Waals surface area (Å²) >= 11 is 0. The zero-order valence-corrected chi connectivity index (χ0v) is 39.8. The molecule has 8 aromatic carbocycles. The number of anilines is 2. The summed E-state index contributed by atoms with van der Waals surface area (Å²) in [5.41, 5.74) is 26.4. The number of nitrogens with zero attached hydrogens (tertiary/aromatic N) is 1. The molecular formula is C62H55BN2O. The first-order valence-corrected chi connectivity index (χ1v) is 23.9. The zero-order chi connectivity index (χ0) is 45.4. The molecule has 1 aliphatic heterocycles. The van der Waals surface area contributed by atoms with Gasteiger partial charge in [-0.25, -0.2) is 0 Å². The molecule has 0 saturated heterocycles. The number of aromatic nitrogens is 1. The molecule has 66 heavy (non-hydrogen) atoms. The van der Waals surface area contributed by atoms with E-state index in [-0.39, 0.29) is 21.7 Å². The second-order valence-corrected chi connectivity index (χ2v) is 22.7. The van der Waals surface area contributed by atoms with Crippen LogP contribution in [0.15, 0.2) is 144 Å². The lowest BCUT2D eigenvalue weighted by molar-refractivity contribution is 0.587. The van der Waals surface area contributed by atoms with Crippen LogP contribution in [0, 0.1) is 0 Å². The highest BCUT2D eigenvalue weighted by Crippen LogP contribution is 2.55. The summed E-state index contributed by atoms with van der Waals surface area (Å²) in [5.74, 6) is 0. The van der Waals surface area contributed by atoms with Crippen LogP contribution in [0.1, 0.15) is 103 Å². The van der Waals surface area contributed by atoms with Crippen LogP contribution in [0.5, 0.6) is 0 Å². The van der Waals surface area contributed by atoms with Crippen molar-refractivity contribution in [1.82, 2.24) is 4.57 Å². The van der Waals surface area contributed by atoms with Crippen LogP contribution in [0.25, 0.3) is 82.8 Å². The lowest BCUT2D eigenvalue weighted by atomic mass is 9.58. The van der Waals surface area contributed by atoms with Gasteiger partial charge in [0, 0.05) is 60.5 Å². The maximum atomic E-state index is 6.89. The normalized spacial score (nSPS) is 15.2. The molecule has 2 aliphatic carbocycles. The largest absolute Gasteiger partial charge is 0.456 e. The van der Waals surface area contributed by atoms with Crippen LogP contribution in [-0.4, -0.2) is 11.8 Å². The predicted octanol–water partition coefficient (Wildman–Crippen LogP) is 15.0. The summed E-state index contributed by atoms with van der Waals surface area (Å²) in [7, 11) is 0.815. The number of hydrogen-bond acceptors (Lipinski definition) is 2. The average molecular weight is 855 g/mol. The predicted molar refractivity (Wildman–Crippen MR) is 282 cm³/mol. The van der Waals surface area contributed by atoms with Crippen LogP contribution in [0.3, 0.4) is 0 Å². The maximum Gasteiger partial charge on any atom is 0.198 e. The lowest BCUT2D eigenvalue weighted by Gasteiger charge is -2.27. The number of fused-ring (bicyclic) bond motifs is 15. The van der Waals surface area contributed by atoms with Gasteiger partial charge in [-0.3, -0.25) is 0 Å². The van der Waals surface area contributed by atoms with Crippen molar-refractivity contribution in [3.05, 3.63) is 173 Å². The van der Waals surface area contributed by atoms with E-state index in [1.165, 1.54) is 99.6 Å². The van der Waals surface area contributed by atoms with Crippen molar-refractivity contribution < 1.29 is 4.42 Å². The van der Waals surface area contributed by atoms with E-state index in [1.807, 2.05) is 0 Å². The van der Waals surface area contributed by atoms with Crippen LogP contribution < -0.4 is 16.2 Å².